The molecule has 1 fully saturated rings. The van der Waals surface area contributed by atoms with Crippen LogP contribution >= 0.6 is 19.4 Å². The van der Waals surface area contributed by atoms with Crippen molar-refractivity contribution in [2.24, 2.45) is 5.92 Å². The van der Waals surface area contributed by atoms with Crippen LogP contribution in [-0.4, -0.2) is 40.0 Å². The van der Waals surface area contributed by atoms with E-state index in [4.69, 9.17) is 9.05 Å². The van der Waals surface area contributed by atoms with E-state index in [1.165, 1.54) is 0 Å². The van der Waals surface area contributed by atoms with Crippen molar-refractivity contribution in [2.75, 3.05) is 18.5 Å². The topological polar surface area (TPSA) is 67.9 Å². The number of aryl methyl sites for hydroxylation is 1. The molecule has 0 bridgehead atoms. The van der Waals surface area contributed by atoms with Gasteiger partial charge in [0.1, 0.15) is 0 Å². The predicted molar refractivity (Wildman–Crippen MR) is 117 cm³/mol. The first-order chi connectivity index (χ1) is 13.1. The number of nitrogens with one attached hydrogen (secondary N) is 1. The SMILES string of the molecule is CCOP(=O)(OCC)C1N(C(=O)Nc2cccc(C)c2)C(C(C)C)SC1(C)C. The molecule has 1 aromatic carbocycles. The number of urea groups is 1. The molecule has 28 heavy (non-hydrogen) atoms. The summed E-state index contributed by atoms with van der Waals surface area (Å²) in [4.78, 5) is 15.0. The first-order valence-corrected chi connectivity index (χ1v) is 12.3. The molecule has 0 spiro atoms. The van der Waals surface area contributed by atoms with Crippen LogP contribution in [0.15, 0.2) is 24.3 Å². The molecule has 2 unspecified atom stereocenters. The molecule has 8 heteroatoms. The van der Waals surface area contributed by atoms with E-state index in [-0.39, 0.29) is 30.5 Å². The number of hydrogen-bond donors (Lipinski definition) is 1. The van der Waals surface area contributed by atoms with E-state index in [1.807, 2.05) is 45.0 Å². The van der Waals surface area contributed by atoms with Crippen LogP contribution in [-0.2, 0) is 13.6 Å². The molecule has 2 atom stereocenters. The van der Waals surface area contributed by atoms with Gasteiger partial charge in [0.05, 0.1) is 18.6 Å². The molecule has 1 aromatic rings. The highest BCUT2D eigenvalue weighted by Gasteiger charge is 2.59. The van der Waals surface area contributed by atoms with E-state index < -0.39 is 18.1 Å². The maximum atomic E-state index is 13.7. The minimum absolute atomic E-state index is 0.140. The van der Waals surface area contributed by atoms with E-state index in [9.17, 15) is 9.36 Å². The normalized spacial score (nSPS) is 21.9. The van der Waals surface area contributed by atoms with Gasteiger partial charge in [0, 0.05) is 10.4 Å². The van der Waals surface area contributed by atoms with Crippen molar-refractivity contribution in [1.82, 2.24) is 4.90 Å². The number of rotatable bonds is 7. The van der Waals surface area contributed by atoms with Crippen molar-refractivity contribution in [3.8, 4) is 0 Å². The van der Waals surface area contributed by atoms with E-state index in [2.05, 4.69) is 19.2 Å². The molecule has 1 heterocycles. The van der Waals surface area contributed by atoms with E-state index in [0.717, 1.165) is 5.56 Å². The molecule has 0 radical (unpaired) electrons. The van der Waals surface area contributed by atoms with Crippen LogP contribution in [0.3, 0.4) is 0 Å². The molecule has 1 saturated heterocycles. The van der Waals surface area contributed by atoms with Crippen molar-refractivity contribution < 1.29 is 18.4 Å². The first kappa shape index (κ1) is 23.3. The lowest BCUT2D eigenvalue weighted by atomic mass is 10.1. The summed E-state index contributed by atoms with van der Waals surface area (Å²) in [6.07, 6.45) is 0. The third-order valence-electron chi connectivity index (χ3n) is 4.58. The highest BCUT2D eigenvalue weighted by Crippen LogP contribution is 2.65. The molecule has 0 aromatic heterocycles. The highest BCUT2D eigenvalue weighted by molar-refractivity contribution is 8.01. The summed E-state index contributed by atoms with van der Waals surface area (Å²) in [5.74, 6) is -0.503. The quantitative estimate of drug-likeness (QED) is 0.545. The van der Waals surface area contributed by atoms with Gasteiger partial charge in [-0.2, -0.15) is 0 Å². The van der Waals surface area contributed by atoms with Crippen molar-refractivity contribution in [2.45, 2.75) is 64.4 Å². The van der Waals surface area contributed by atoms with Gasteiger partial charge in [-0.05, 0) is 58.2 Å². The second-order valence-electron chi connectivity index (χ2n) is 7.81. The number of thioether (sulfide) groups is 1. The second-order valence-corrected chi connectivity index (χ2v) is 11.7. The van der Waals surface area contributed by atoms with Gasteiger partial charge in [-0.25, -0.2) is 4.79 Å². The predicted octanol–water partition coefficient (Wildman–Crippen LogP) is 5.93. The molecule has 0 aliphatic carbocycles. The van der Waals surface area contributed by atoms with Crippen molar-refractivity contribution >= 4 is 31.1 Å². The number of anilines is 1. The van der Waals surface area contributed by atoms with E-state index in [0.29, 0.717) is 5.69 Å². The number of hydrogen-bond acceptors (Lipinski definition) is 5. The minimum atomic E-state index is -3.55. The lowest BCUT2D eigenvalue weighted by Gasteiger charge is -2.37. The molecule has 1 N–H and O–H groups in total. The second kappa shape index (κ2) is 9.21. The zero-order chi connectivity index (χ0) is 21.1. The zero-order valence-corrected chi connectivity index (χ0v) is 19.6. The summed E-state index contributed by atoms with van der Waals surface area (Å²) in [6, 6.07) is 7.35. The van der Waals surface area contributed by atoms with Crippen LogP contribution in [0.25, 0.3) is 0 Å². The number of nitrogens with zero attached hydrogens (tertiary/aromatic N) is 1. The average molecular weight is 429 g/mol. The zero-order valence-electron chi connectivity index (χ0n) is 17.9. The van der Waals surface area contributed by atoms with Gasteiger partial charge in [-0.3, -0.25) is 9.46 Å². The summed E-state index contributed by atoms with van der Waals surface area (Å²) < 4.78 is 24.6. The maximum Gasteiger partial charge on any atom is 0.354 e. The Kier molecular flexibility index (Phi) is 7.65. The number of carbonyl (C=O) groups excluding carboxylic acids is 1. The third-order valence-corrected chi connectivity index (χ3v) is 9.32. The smallest absolute Gasteiger partial charge is 0.308 e. The summed E-state index contributed by atoms with van der Waals surface area (Å²) in [5, 5.41) is 2.84. The molecule has 6 nitrogen and oxygen atoms in total. The van der Waals surface area contributed by atoms with Crippen molar-refractivity contribution in [3.05, 3.63) is 29.8 Å². The Morgan fingerprint density at radius 2 is 1.89 bits per heavy atom. The summed E-state index contributed by atoms with van der Waals surface area (Å²) in [5.41, 5.74) is 1.77. The van der Waals surface area contributed by atoms with Crippen molar-refractivity contribution in [1.29, 1.82) is 0 Å². The van der Waals surface area contributed by atoms with Crippen LogP contribution in [0.1, 0.15) is 47.1 Å². The van der Waals surface area contributed by atoms with Gasteiger partial charge in [0.2, 0.25) is 0 Å². The monoisotopic (exact) mass is 428 g/mol. The number of benzene rings is 1. The third kappa shape index (κ3) is 4.93. The fraction of sp³-hybridized carbons (Fsp3) is 0.650. The summed E-state index contributed by atoms with van der Waals surface area (Å²) in [7, 11) is -3.55. The Labute approximate surface area is 173 Å². The molecule has 2 amide bonds. The van der Waals surface area contributed by atoms with Gasteiger partial charge in [0.15, 0.2) is 5.78 Å². The van der Waals surface area contributed by atoms with Crippen molar-refractivity contribution in [3.63, 3.8) is 0 Å². The average Bonchev–Trinajstić information content (AvgIpc) is 2.87. The summed E-state index contributed by atoms with van der Waals surface area (Å²) in [6.45, 7) is 14.2. The summed E-state index contributed by atoms with van der Waals surface area (Å²) >= 11 is 1.65. The largest absolute Gasteiger partial charge is 0.354 e. The highest BCUT2D eigenvalue weighted by atomic mass is 32.2. The Morgan fingerprint density at radius 1 is 1.29 bits per heavy atom. The Morgan fingerprint density at radius 3 is 2.39 bits per heavy atom. The standard InChI is InChI=1S/C20H33N2O4PS/c1-8-25-27(24,26-9-2)18-20(6,7)28-17(14(3)4)22(18)19(23)21-16-12-10-11-15(5)13-16/h10-14,17-18H,8-9H2,1-7H3,(H,21,23). The minimum Gasteiger partial charge on any atom is -0.308 e. The molecule has 2 rings (SSSR count). The lowest BCUT2D eigenvalue weighted by molar-refractivity contribution is 0.153. The molecule has 1 aliphatic rings. The van der Waals surface area contributed by atoms with E-state index >= 15 is 0 Å². The number of carbonyl (C=O) groups is 1. The fourth-order valence-electron chi connectivity index (χ4n) is 3.57. The molecule has 158 valence electrons. The van der Waals surface area contributed by atoms with Gasteiger partial charge in [0.25, 0.3) is 0 Å². The van der Waals surface area contributed by atoms with Gasteiger partial charge >= 0.3 is 13.6 Å². The Balaban J connectivity index is 2.46. The fourth-order valence-corrected chi connectivity index (χ4v) is 8.08. The van der Waals surface area contributed by atoms with Crippen LogP contribution in [0, 0.1) is 12.8 Å². The van der Waals surface area contributed by atoms with Crippen LogP contribution < -0.4 is 5.32 Å². The van der Waals surface area contributed by atoms with Gasteiger partial charge in [-0.15, -0.1) is 11.8 Å². The Bertz CT molecular complexity index is 731. The Hall–Kier alpha value is -1.01. The van der Waals surface area contributed by atoms with Gasteiger partial charge < -0.3 is 14.4 Å². The molecular formula is C20H33N2O4PS. The first-order valence-electron chi connectivity index (χ1n) is 9.78. The van der Waals surface area contributed by atoms with Crippen LogP contribution in [0.5, 0.6) is 0 Å². The maximum absolute atomic E-state index is 13.7. The molecule has 1 aliphatic heterocycles. The molecule has 0 saturated carbocycles. The molecular weight excluding hydrogens is 395 g/mol. The number of amides is 2. The van der Waals surface area contributed by atoms with Gasteiger partial charge in [-0.1, -0.05) is 26.0 Å². The van der Waals surface area contributed by atoms with Crippen LogP contribution in [0.4, 0.5) is 10.5 Å². The van der Waals surface area contributed by atoms with E-state index in [1.54, 1.807) is 30.5 Å². The van der Waals surface area contributed by atoms with Crippen LogP contribution in [0.2, 0.25) is 0 Å². The lowest BCUT2D eigenvalue weighted by Crippen LogP contribution is -2.49.